The molecule has 17 heavy (non-hydrogen) atoms. The maximum Gasteiger partial charge on any atom is 0.248 e. The molecule has 96 valence electrons. The minimum Gasteiger partial charge on any atom is -0.490 e. The number of hydrogen-bond acceptors (Lipinski definition) is 3. The molecule has 1 amide bonds. The average molecular weight is 482 g/mol. The van der Waals surface area contributed by atoms with Crippen LogP contribution in [0.1, 0.15) is 17.3 Å². The zero-order valence-electron chi connectivity index (χ0n) is 9.07. The highest BCUT2D eigenvalue weighted by molar-refractivity contribution is 14.1. The van der Waals surface area contributed by atoms with Crippen LogP contribution in [0.3, 0.4) is 0 Å². The highest BCUT2D eigenvalue weighted by Gasteiger charge is 2.12. The van der Waals surface area contributed by atoms with Gasteiger partial charge in [-0.3, -0.25) is 4.79 Å². The second-order valence-corrected chi connectivity index (χ2v) is 5.75. The minimum atomic E-state index is -0.436. The first-order chi connectivity index (χ1) is 7.41. The van der Waals surface area contributed by atoms with Gasteiger partial charge in [-0.25, -0.2) is 0 Å². The molecule has 0 saturated heterocycles. The Morgan fingerprint density at radius 2 is 1.88 bits per heavy atom. The predicted octanol–water partition coefficient (Wildman–Crippen LogP) is 2.14. The molecule has 7 heteroatoms. The Hall–Kier alpha value is 0.200. The van der Waals surface area contributed by atoms with E-state index < -0.39 is 5.91 Å². The van der Waals surface area contributed by atoms with Gasteiger partial charge in [0.1, 0.15) is 12.4 Å². The second kappa shape index (κ2) is 7.59. The molecule has 0 spiro atoms. The lowest BCUT2D eigenvalue weighted by molar-refractivity contribution is 0.1000. The molecule has 1 aromatic carbocycles. The fourth-order valence-corrected chi connectivity index (χ4v) is 3.13. The van der Waals surface area contributed by atoms with Crippen molar-refractivity contribution >= 4 is 63.5 Å². The molecule has 0 heterocycles. The summed E-state index contributed by atoms with van der Waals surface area (Å²) in [6.45, 7) is 2.32. The lowest BCUT2D eigenvalue weighted by Crippen LogP contribution is -2.24. The van der Waals surface area contributed by atoms with E-state index in [2.05, 4.69) is 45.2 Å². The molecule has 1 rings (SSSR count). The minimum absolute atomic E-state index is 0. The van der Waals surface area contributed by atoms with Crippen LogP contribution in [0.4, 0.5) is 0 Å². The largest absolute Gasteiger partial charge is 0.490 e. The van der Waals surface area contributed by atoms with Crippen molar-refractivity contribution in [3.05, 3.63) is 24.8 Å². The number of nitrogens with two attached hydrogens (primary N) is 2. The van der Waals surface area contributed by atoms with Crippen LogP contribution in [0.15, 0.2) is 12.1 Å². The van der Waals surface area contributed by atoms with Crippen LogP contribution in [0, 0.1) is 7.14 Å². The first-order valence-corrected chi connectivity index (χ1v) is 6.74. The number of primary amides is 1. The summed E-state index contributed by atoms with van der Waals surface area (Å²) >= 11 is 4.23. The van der Waals surface area contributed by atoms with Crippen molar-refractivity contribution in [3.8, 4) is 5.75 Å². The van der Waals surface area contributed by atoms with E-state index in [9.17, 15) is 4.79 Å². The molecule has 1 unspecified atom stereocenters. The van der Waals surface area contributed by atoms with E-state index in [0.717, 1.165) is 12.9 Å². The quantitative estimate of drug-likeness (QED) is 0.646. The second-order valence-electron chi connectivity index (χ2n) is 3.42. The van der Waals surface area contributed by atoms with Gasteiger partial charge in [0.15, 0.2) is 0 Å². The van der Waals surface area contributed by atoms with Gasteiger partial charge in [0.05, 0.1) is 7.14 Å². The van der Waals surface area contributed by atoms with Crippen LogP contribution in [-0.2, 0) is 0 Å². The zero-order valence-corrected chi connectivity index (χ0v) is 14.2. The van der Waals surface area contributed by atoms with Crippen LogP contribution < -0.4 is 16.2 Å². The van der Waals surface area contributed by atoms with Crippen molar-refractivity contribution in [1.82, 2.24) is 0 Å². The molecule has 0 aliphatic rings. The maximum atomic E-state index is 11.0. The Labute approximate surface area is 134 Å². The van der Waals surface area contributed by atoms with Crippen molar-refractivity contribution in [2.24, 2.45) is 11.5 Å². The Balaban J connectivity index is 0.00000256. The third kappa shape index (κ3) is 5.14. The molecule has 1 aromatic rings. The number of hydrogen-bond donors (Lipinski definition) is 2. The SMILES string of the molecule is CC(N)COc1c(I)cc(C(N)=O)cc1I.Cl. The van der Waals surface area contributed by atoms with Gasteiger partial charge in [-0.05, 0) is 64.2 Å². The van der Waals surface area contributed by atoms with Crippen molar-refractivity contribution < 1.29 is 9.53 Å². The van der Waals surface area contributed by atoms with Gasteiger partial charge >= 0.3 is 0 Å². The van der Waals surface area contributed by atoms with E-state index in [0.29, 0.717) is 12.2 Å². The van der Waals surface area contributed by atoms with E-state index in [4.69, 9.17) is 16.2 Å². The van der Waals surface area contributed by atoms with Crippen molar-refractivity contribution in [2.75, 3.05) is 6.61 Å². The number of halogens is 3. The topological polar surface area (TPSA) is 78.3 Å². The van der Waals surface area contributed by atoms with Gasteiger partial charge in [0.25, 0.3) is 0 Å². The monoisotopic (exact) mass is 482 g/mol. The summed E-state index contributed by atoms with van der Waals surface area (Å²) in [5.41, 5.74) is 11.3. The van der Waals surface area contributed by atoms with Gasteiger partial charge in [0.2, 0.25) is 5.91 Å². The molecule has 0 saturated carbocycles. The summed E-state index contributed by atoms with van der Waals surface area (Å²) in [4.78, 5) is 11.0. The van der Waals surface area contributed by atoms with Gasteiger partial charge < -0.3 is 16.2 Å². The molecule has 4 N–H and O–H groups in total. The van der Waals surface area contributed by atoms with E-state index in [1.165, 1.54) is 0 Å². The molecule has 0 fully saturated rings. The highest BCUT2D eigenvalue weighted by atomic mass is 127. The van der Waals surface area contributed by atoms with E-state index in [1.54, 1.807) is 12.1 Å². The van der Waals surface area contributed by atoms with E-state index in [1.807, 2.05) is 6.92 Å². The van der Waals surface area contributed by atoms with Gasteiger partial charge in [-0.15, -0.1) is 12.4 Å². The number of ether oxygens (including phenoxy) is 1. The van der Waals surface area contributed by atoms with Crippen molar-refractivity contribution in [3.63, 3.8) is 0 Å². The molecule has 4 nitrogen and oxygen atoms in total. The Bertz CT molecular complexity index is 390. The normalized spacial score (nSPS) is 11.5. The first-order valence-electron chi connectivity index (χ1n) is 4.59. The number of amides is 1. The summed E-state index contributed by atoms with van der Waals surface area (Å²) in [6.07, 6.45) is 0. The van der Waals surface area contributed by atoms with Gasteiger partial charge in [-0.1, -0.05) is 0 Å². The zero-order chi connectivity index (χ0) is 12.3. The third-order valence-electron chi connectivity index (χ3n) is 1.77. The Kier molecular flexibility index (Phi) is 7.68. The molecule has 0 aromatic heterocycles. The molecule has 1 atom stereocenters. The molecule has 0 bridgehead atoms. The average Bonchev–Trinajstić information content (AvgIpc) is 2.15. The van der Waals surface area contributed by atoms with E-state index >= 15 is 0 Å². The number of carbonyl (C=O) groups excluding carboxylic acids is 1. The van der Waals surface area contributed by atoms with Crippen LogP contribution in [0.5, 0.6) is 5.75 Å². The lowest BCUT2D eigenvalue weighted by atomic mass is 10.2. The molecule has 0 aliphatic heterocycles. The summed E-state index contributed by atoms with van der Waals surface area (Å²) in [7, 11) is 0. The lowest BCUT2D eigenvalue weighted by Gasteiger charge is -2.13. The number of carbonyl (C=O) groups is 1. The Morgan fingerprint density at radius 3 is 2.24 bits per heavy atom. The summed E-state index contributed by atoms with van der Waals surface area (Å²) in [5, 5.41) is 0. The molecule has 0 aliphatic carbocycles. The molecular weight excluding hydrogens is 469 g/mol. The molecule has 0 radical (unpaired) electrons. The van der Waals surface area contributed by atoms with E-state index in [-0.39, 0.29) is 18.4 Å². The maximum absolute atomic E-state index is 11.0. The van der Waals surface area contributed by atoms with Gasteiger partial charge in [-0.2, -0.15) is 0 Å². The van der Waals surface area contributed by atoms with Crippen molar-refractivity contribution in [2.45, 2.75) is 13.0 Å². The summed E-state index contributed by atoms with van der Waals surface area (Å²) in [5.74, 6) is 0.318. The standard InChI is InChI=1S/C10H12I2N2O2.ClH/c1-5(13)4-16-9-7(11)2-6(10(14)15)3-8(9)12;/h2-3,5H,4,13H2,1H3,(H2,14,15);1H. The van der Waals surface area contributed by atoms with Crippen LogP contribution in [0.2, 0.25) is 0 Å². The predicted molar refractivity (Wildman–Crippen MR) is 86.8 cm³/mol. The Morgan fingerprint density at radius 1 is 1.41 bits per heavy atom. The summed E-state index contributed by atoms with van der Waals surface area (Å²) < 4.78 is 7.29. The number of benzene rings is 1. The number of rotatable bonds is 4. The fraction of sp³-hybridized carbons (Fsp3) is 0.300. The summed E-state index contributed by atoms with van der Waals surface area (Å²) in [6, 6.07) is 3.39. The van der Waals surface area contributed by atoms with Crippen molar-refractivity contribution in [1.29, 1.82) is 0 Å². The van der Waals surface area contributed by atoms with Crippen LogP contribution in [-0.4, -0.2) is 18.6 Å². The van der Waals surface area contributed by atoms with Crippen LogP contribution in [0.25, 0.3) is 0 Å². The first kappa shape index (κ1) is 17.2. The smallest absolute Gasteiger partial charge is 0.248 e. The van der Waals surface area contributed by atoms with Gasteiger partial charge in [0, 0.05) is 11.6 Å². The van der Waals surface area contributed by atoms with Crippen LogP contribution >= 0.6 is 57.6 Å². The third-order valence-corrected chi connectivity index (χ3v) is 3.38. The highest BCUT2D eigenvalue weighted by Crippen LogP contribution is 2.28. The fourth-order valence-electron chi connectivity index (χ4n) is 1.05. The molecular formula is C10H13ClI2N2O2.